The molecule has 90 valence electrons. The maximum atomic E-state index is 5.85. The quantitative estimate of drug-likeness (QED) is 0.840. The van der Waals surface area contributed by atoms with E-state index in [0.717, 1.165) is 21.6 Å². The summed E-state index contributed by atoms with van der Waals surface area (Å²) < 4.78 is 1.27. The van der Waals surface area contributed by atoms with E-state index in [-0.39, 0.29) is 0 Å². The molecule has 0 aliphatic heterocycles. The third kappa shape index (κ3) is 3.37. The minimum absolute atomic E-state index is 0.783. The van der Waals surface area contributed by atoms with Crippen molar-refractivity contribution in [2.24, 2.45) is 0 Å². The highest BCUT2D eigenvalue weighted by Gasteiger charge is 2.07. The number of nitrogens with one attached hydrogen (secondary N) is 1. The summed E-state index contributed by atoms with van der Waals surface area (Å²) >= 11 is 9.36. The molecule has 0 amide bonds. The molecule has 0 saturated carbocycles. The summed E-state index contributed by atoms with van der Waals surface area (Å²) in [5.74, 6) is 0.948. The van der Waals surface area contributed by atoms with Crippen molar-refractivity contribution in [3.63, 3.8) is 0 Å². The molecular formula is C12H13ClN2S2. The molecular weight excluding hydrogens is 272 g/mol. The Morgan fingerprint density at radius 3 is 2.65 bits per heavy atom. The van der Waals surface area contributed by atoms with Crippen LogP contribution in [0.3, 0.4) is 0 Å². The normalized spacial score (nSPS) is 10.5. The number of rotatable bonds is 4. The Morgan fingerprint density at radius 1 is 1.35 bits per heavy atom. The van der Waals surface area contributed by atoms with Gasteiger partial charge in [0, 0.05) is 17.8 Å². The Morgan fingerprint density at radius 2 is 2.06 bits per heavy atom. The van der Waals surface area contributed by atoms with Gasteiger partial charge in [0.25, 0.3) is 0 Å². The SMILES string of the molecule is CNc1nc(C)c(SCc2ccc(Cl)cc2)s1. The van der Waals surface area contributed by atoms with E-state index in [9.17, 15) is 0 Å². The average Bonchev–Trinajstić information content (AvgIpc) is 2.69. The summed E-state index contributed by atoms with van der Waals surface area (Å²) in [6.07, 6.45) is 0. The molecule has 1 heterocycles. The lowest BCUT2D eigenvalue weighted by Gasteiger charge is -2.00. The number of aromatic nitrogens is 1. The summed E-state index contributed by atoms with van der Waals surface area (Å²) in [5.41, 5.74) is 2.37. The number of thiazole rings is 1. The summed E-state index contributed by atoms with van der Waals surface area (Å²) in [6.45, 7) is 2.04. The van der Waals surface area contributed by atoms with E-state index in [1.165, 1.54) is 9.77 Å². The fourth-order valence-electron chi connectivity index (χ4n) is 1.35. The van der Waals surface area contributed by atoms with Crippen LogP contribution in [0.2, 0.25) is 5.02 Å². The highest BCUT2D eigenvalue weighted by molar-refractivity contribution is 8.00. The van der Waals surface area contributed by atoms with Crippen molar-refractivity contribution in [2.75, 3.05) is 12.4 Å². The van der Waals surface area contributed by atoms with Crippen molar-refractivity contribution in [1.82, 2.24) is 4.98 Å². The lowest BCUT2D eigenvalue weighted by atomic mass is 10.2. The van der Waals surface area contributed by atoms with Crippen LogP contribution in [0.5, 0.6) is 0 Å². The van der Waals surface area contributed by atoms with Crippen LogP contribution in [0.25, 0.3) is 0 Å². The molecule has 2 rings (SSSR count). The Bertz CT molecular complexity index is 494. The van der Waals surface area contributed by atoms with Crippen LogP contribution >= 0.6 is 34.7 Å². The molecule has 0 bridgehead atoms. The van der Waals surface area contributed by atoms with Crippen LogP contribution in [-0.4, -0.2) is 12.0 Å². The lowest BCUT2D eigenvalue weighted by molar-refractivity contribution is 1.20. The smallest absolute Gasteiger partial charge is 0.183 e. The molecule has 0 spiro atoms. The molecule has 0 fully saturated rings. The maximum Gasteiger partial charge on any atom is 0.183 e. The molecule has 17 heavy (non-hydrogen) atoms. The molecule has 1 N–H and O–H groups in total. The molecule has 2 aromatic rings. The van der Waals surface area contributed by atoms with Gasteiger partial charge in [-0.1, -0.05) is 35.1 Å². The molecule has 0 atom stereocenters. The third-order valence-corrected chi connectivity index (χ3v) is 5.11. The second kappa shape index (κ2) is 5.76. The number of anilines is 1. The minimum atomic E-state index is 0.783. The van der Waals surface area contributed by atoms with Gasteiger partial charge in [-0.25, -0.2) is 4.98 Å². The molecule has 0 aliphatic rings. The summed E-state index contributed by atoms with van der Waals surface area (Å²) in [4.78, 5) is 4.42. The molecule has 5 heteroatoms. The van der Waals surface area contributed by atoms with Gasteiger partial charge >= 0.3 is 0 Å². The molecule has 0 radical (unpaired) electrons. The molecule has 1 aromatic carbocycles. The van der Waals surface area contributed by atoms with E-state index in [4.69, 9.17) is 11.6 Å². The van der Waals surface area contributed by atoms with Crippen LogP contribution in [0.15, 0.2) is 28.5 Å². The van der Waals surface area contributed by atoms with Crippen LogP contribution in [0.1, 0.15) is 11.3 Å². The van der Waals surface area contributed by atoms with Crippen molar-refractivity contribution in [3.8, 4) is 0 Å². The van der Waals surface area contributed by atoms with Gasteiger partial charge in [-0.15, -0.1) is 11.8 Å². The zero-order valence-corrected chi connectivity index (χ0v) is 12.0. The molecule has 0 saturated heterocycles. The number of hydrogen-bond acceptors (Lipinski definition) is 4. The number of aryl methyl sites for hydroxylation is 1. The highest BCUT2D eigenvalue weighted by atomic mass is 35.5. The average molecular weight is 285 g/mol. The Balaban J connectivity index is 2.01. The standard InChI is InChI=1S/C12H13ClN2S2/c1-8-11(17-12(14-2)15-8)16-7-9-3-5-10(13)6-4-9/h3-6H,7H2,1-2H3,(H,14,15). The summed E-state index contributed by atoms with van der Waals surface area (Å²) in [7, 11) is 1.89. The summed E-state index contributed by atoms with van der Waals surface area (Å²) in [6, 6.07) is 7.97. The number of halogens is 1. The van der Waals surface area contributed by atoms with Gasteiger partial charge in [0.05, 0.1) is 9.90 Å². The van der Waals surface area contributed by atoms with Crippen LogP contribution in [0, 0.1) is 6.92 Å². The fourth-order valence-corrected chi connectivity index (χ4v) is 3.53. The van der Waals surface area contributed by atoms with E-state index in [2.05, 4.69) is 22.4 Å². The van der Waals surface area contributed by atoms with Crippen molar-refractivity contribution in [3.05, 3.63) is 40.5 Å². The van der Waals surface area contributed by atoms with Gasteiger partial charge in [0.2, 0.25) is 0 Å². The van der Waals surface area contributed by atoms with Gasteiger partial charge < -0.3 is 5.32 Å². The molecule has 0 unspecified atom stereocenters. The van der Waals surface area contributed by atoms with Gasteiger partial charge in [0.15, 0.2) is 5.13 Å². The molecule has 2 nitrogen and oxygen atoms in total. The first-order chi connectivity index (χ1) is 8.19. The monoisotopic (exact) mass is 284 g/mol. The molecule has 0 aliphatic carbocycles. The first-order valence-corrected chi connectivity index (χ1v) is 7.39. The van der Waals surface area contributed by atoms with E-state index in [1.807, 2.05) is 37.9 Å². The maximum absolute atomic E-state index is 5.85. The largest absolute Gasteiger partial charge is 0.365 e. The Kier molecular flexibility index (Phi) is 4.31. The zero-order chi connectivity index (χ0) is 12.3. The lowest BCUT2D eigenvalue weighted by Crippen LogP contribution is -1.84. The van der Waals surface area contributed by atoms with Crippen molar-refractivity contribution in [1.29, 1.82) is 0 Å². The second-order valence-electron chi connectivity index (χ2n) is 3.56. The highest BCUT2D eigenvalue weighted by Crippen LogP contribution is 2.33. The van der Waals surface area contributed by atoms with Crippen molar-refractivity contribution in [2.45, 2.75) is 16.9 Å². The van der Waals surface area contributed by atoms with Gasteiger partial charge in [0.1, 0.15) is 0 Å². The van der Waals surface area contributed by atoms with Crippen molar-refractivity contribution < 1.29 is 0 Å². The van der Waals surface area contributed by atoms with Gasteiger partial charge in [-0.3, -0.25) is 0 Å². The Hall–Kier alpha value is -0.710. The van der Waals surface area contributed by atoms with E-state index < -0.39 is 0 Å². The number of hydrogen-bond donors (Lipinski definition) is 1. The number of nitrogens with zero attached hydrogens (tertiary/aromatic N) is 1. The topological polar surface area (TPSA) is 24.9 Å². The predicted octanol–water partition coefficient (Wildman–Crippen LogP) is 4.44. The number of benzene rings is 1. The first-order valence-electron chi connectivity index (χ1n) is 5.21. The predicted molar refractivity (Wildman–Crippen MR) is 77.4 cm³/mol. The number of thioether (sulfide) groups is 1. The van der Waals surface area contributed by atoms with Crippen LogP contribution < -0.4 is 5.32 Å². The van der Waals surface area contributed by atoms with E-state index >= 15 is 0 Å². The van der Waals surface area contributed by atoms with Gasteiger partial charge in [-0.2, -0.15) is 0 Å². The van der Waals surface area contributed by atoms with E-state index in [1.54, 1.807) is 11.3 Å². The fraction of sp³-hybridized carbons (Fsp3) is 0.250. The molecule has 1 aromatic heterocycles. The van der Waals surface area contributed by atoms with Gasteiger partial charge in [-0.05, 0) is 24.6 Å². The minimum Gasteiger partial charge on any atom is -0.365 e. The summed E-state index contributed by atoms with van der Waals surface area (Å²) in [5, 5.41) is 4.83. The second-order valence-corrected chi connectivity index (χ2v) is 6.24. The first kappa shape index (κ1) is 12.7. The third-order valence-electron chi connectivity index (χ3n) is 2.25. The zero-order valence-electron chi connectivity index (χ0n) is 9.66. The van der Waals surface area contributed by atoms with E-state index in [0.29, 0.717) is 0 Å². The van der Waals surface area contributed by atoms with Crippen LogP contribution in [0.4, 0.5) is 5.13 Å². The van der Waals surface area contributed by atoms with Crippen LogP contribution in [-0.2, 0) is 5.75 Å². The Labute approximate surface area is 114 Å². The van der Waals surface area contributed by atoms with Crippen molar-refractivity contribution >= 4 is 39.8 Å².